The molecule has 1 fully saturated rings. The molecule has 10 amide bonds. The fraction of sp³-hybridized carbons (Fsp3) is 0.506. The number of nitrogens with one attached hydrogen (secondary N) is 9. The summed E-state index contributed by atoms with van der Waals surface area (Å²) in [6, 6.07) is 17.8. The lowest BCUT2D eigenvalue weighted by Crippen LogP contribution is -2.61. The molecule has 9 N–H and O–H groups in total. The van der Waals surface area contributed by atoms with E-state index in [1.165, 1.54) is 44.2 Å². The highest BCUT2D eigenvalue weighted by atomic mass is 19.1. The Bertz CT molecular complexity index is 3960. The first kappa shape index (κ1) is 79.6. The molecule has 104 heavy (non-hydrogen) atoms. The second-order valence-corrected chi connectivity index (χ2v) is 29.5. The number of nitrogens with zero attached hydrogens (tertiary/aromatic N) is 2. The zero-order chi connectivity index (χ0) is 75.8. The maximum atomic E-state index is 15.8. The van der Waals surface area contributed by atoms with Crippen LogP contribution in [0.15, 0.2) is 97.2 Å². The molecule has 560 valence electrons. The molecular weight excluding hydrogens is 1340 g/mol. The van der Waals surface area contributed by atoms with Crippen LogP contribution in [0, 0.1) is 17.7 Å². The summed E-state index contributed by atoms with van der Waals surface area (Å²) in [5, 5.41) is 22.5. The predicted molar refractivity (Wildman–Crippen MR) is 384 cm³/mol. The lowest BCUT2D eigenvalue weighted by atomic mass is 9.87. The van der Waals surface area contributed by atoms with Crippen LogP contribution in [0.5, 0.6) is 5.75 Å². The van der Waals surface area contributed by atoms with Crippen molar-refractivity contribution in [3.8, 4) is 5.75 Å². The van der Waals surface area contributed by atoms with Crippen molar-refractivity contribution >= 4 is 81.7 Å². The molecule has 0 saturated carbocycles. The maximum absolute atomic E-state index is 15.8. The standard InChI is InChI=1S/C77H100FN11O15/c1-45-68(95)87-61(44-83-74(101)104-76(6,7)8)70(97)85-59-36-50-14-12-15-51(34-50)42-82-65(92)27-26-62(88(10)71(98)52(38-63(59)90)37-53-43-80-58-25-22-54(78)39-57(53)58)64(91)40-56(46(2)103-75(3,4)5)69(96)86-60(35-48-20-23-55(102-11)24-21-48)72(99)89-33-13-31-77(89,9)73(100)79-32-30-47-16-18-49(19-17-47)41-81-66(93)28-29-67(94)84-45/h12,14-25,34,39,43,45-46,52,56,59-62,80H,13,26-33,35-38,40-42,44H2,1-11H3,(H,79,100)(H,81,93)(H,82,92)(H,83,101)(H,84,94)(H,85,97)(H,86,96)(H,87,95)/t45-,46+,52+,56-,59-,60-,61+,62?,77-/m0/s1. The number of aromatic nitrogens is 1. The number of carbonyl (C=O) groups excluding carboxylic acids is 12. The van der Waals surface area contributed by atoms with Crippen LogP contribution >= 0.6 is 0 Å². The molecule has 0 aliphatic carbocycles. The lowest BCUT2D eigenvalue weighted by molar-refractivity contribution is -0.149. The number of Topliss-reactive ketones (excluding diaryl/α,β-unsaturated/α-hetero) is 2. The number of aromatic amines is 1. The zero-order valence-corrected chi connectivity index (χ0v) is 61.3. The SMILES string of the molecule is COc1ccc(C[C@@H]2NC(=O)[C@H]([C@@H](C)OC(C)(C)C)CC(=O)C3CCC(=O)NCc4cccc(c4)C[C@H](NC(=O)[C@@H](CNC(=O)OC(C)(C)C)NC(=O)[C@H](C)NC(=O)CCC(=O)NCc4ccc(cc4)CCNC(=O)[C@]4(C)CCCN4C2=O)C(=O)C[C@@H](Cc2c[nH]c4ccc(F)cc24)C(=O)N3C)cc1. The largest absolute Gasteiger partial charge is 0.497 e. The van der Waals surface area contributed by atoms with Gasteiger partial charge in [-0.1, -0.05) is 60.7 Å². The van der Waals surface area contributed by atoms with Gasteiger partial charge in [-0.25, -0.2) is 9.18 Å². The predicted octanol–water partition coefficient (Wildman–Crippen LogP) is 5.57. The van der Waals surface area contributed by atoms with Gasteiger partial charge in [-0.2, -0.15) is 0 Å². The van der Waals surface area contributed by atoms with Gasteiger partial charge >= 0.3 is 6.09 Å². The number of benzene rings is 4. The number of carbonyl (C=O) groups is 12. The summed E-state index contributed by atoms with van der Waals surface area (Å²) < 4.78 is 32.5. The van der Waals surface area contributed by atoms with Crippen LogP contribution in [0.3, 0.4) is 0 Å². The van der Waals surface area contributed by atoms with E-state index in [0.717, 1.165) is 16.0 Å². The van der Waals surface area contributed by atoms with Gasteiger partial charge in [-0.15, -0.1) is 0 Å². The highest BCUT2D eigenvalue weighted by molar-refractivity contribution is 6.00. The van der Waals surface area contributed by atoms with Gasteiger partial charge in [0.15, 0.2) is 11.6 Å². The van der Waals surface area contributed by atoms with Crippen LogP contribution in [0.2, 0.25) is 0 Å². The van der Waals surface area contributed by atoms with Crippen LogP contribution in [0.4, 0.5) is 9.18 Å². The summed E-state index contributed by atoms with van der Waals surface area (Å²) in [5.41, 5.74) is 0.914. The Kier molecular flexibility index (Phi) is 27.1. The maximum Gasteiger partial charge on any atom is 0.407 e. The average Bonchev–Trinajstić information content (AvgIpc) is 1.58. The van der Waals surface area contributed by atoms with E-state index >= 15 is 28.4 Å². The van der Waals surface area contributed by atoms with Crippen LogP contribution in [0.1, 0.15) is 147 Å². The molecule has 5 heterocycles. The highest BCUT2D eigenvalue weighted by Gasteiger charge is 2.48. The summed E-state index contributed by atoms with van der Waals surface area (Å²) in [6.07, 6.45) is -2.29. The molecule has 4 aromatic carbocycles. The first-order valence-corrected chi connectivity index (χ1v) is 35.5. The van der Waals surface area contributed by atoms with Crippen molar-refractivity contribution in [2.75, 3.05) is 33.8 Å². The minimum Gasteiger partial charge on any atom is -0.497 e. The van der Waals surface area contributed by atoms with Crippen molar-refractivity contribution in [2.24, 2.45) is 11.8 Å². The van der Waals surface area contributed by atoms with Crippen molar-refractivity contribution in [2.45, 2.75) is 206 Å². The monoisotopic (exact) mass is 1440 g/mol. The molecule has 1 aromatic heterocycles. The normalized spacial score (nSPS) is 23.8. The Morgan fingerprint density at radius 3 is 2.03 bits per heavy atom. The number of amides is 10. The van der Waals surface area contributed by atoms with Crippen LogP contribution in [0.25, 0.3) is 10.9 Å². The number of hydrogen-bond acceptors (Lipinski definition) is 15. The molecular formula is C77H100FN11O15. The Morgan fingerprint density at radius 2 is 1.34 bits per heavy atom. The lowest BCUT2D eigenvalue weighted by Gasteiger charge is -2.37. The van der Waals surface area contributed by atoms with Gasteiger partial charge in [-0.3, -0.25) is 52.7 Å². The van der Waals surface area contributed by atoms with E-state index in [4.69, 9.17) is 14.2 Å². The van der Waals surface area contributed by atoms with Gasteiger partial charge in [0, 0.05) is 94.8 Å². The van der Waals surface area contributed by atoms with E-state index in [0.29, 0.717) is 58.2 Å². The van der Waals surface area contributed by atoms with E-state index in [-0.39, 0.29) is 71.1 Å². The first-order valence-electron chi connectivity index (χ1n) is 35.5. The number of methoxy groups -OCH3 is 1. The Hall–Kier alpha value is -10.1. The summed E-state index contributed by atoms with van der Waals surface area (Å²) >= 11 is 0. The molecule has 1 unspecified atom stereocenters. The number of halogens is 1. The molecule has 26 nitrogen and oxygen atoms in total. The number of ketones is 2. The van der Waals surface area contributed by atoms with Crippen molar-refractivity contribution in [3.05, 3.63) is 136 Å². The smallest absolute Gasteiger partial charge is 0.407 e. The van der Waals surface area contributed by atoms with Crippen molar-refractivity contribution < 1.29 is 76.1 Å². The summed E-state index contributed by atoms with van der Waals surface area (Å²) in [4.78, 5) is 181. The molecule has 5 aromatic rings. The second kappa shape index (κ2) is 35.4. The van der Waals surface area contributed by atoms with E-state index in [2.05, 4.69) is 47.5 Å². The molecule has 1 saturated heterocycles. The first-order chi connectivity index (χ1) is 49.1. The minimum absolute atomic E-state index is 0.0408. The fourth-order valence-electron chi connectivity index (χ4n) is 13.3. The molecule has 9 atom stereocenters. The highest BCUT2D eigenvalue weighted by Crippen LogP contribution is 2.33. The van der Waals surface area contributed by atoms with Gasteiger partial charge < -0.3 is 71.5 Å². The Labute approximate surface area is 605 Å². The molecule has 4 aliphatic heterocycles. The molecule has 0 spiro atoms. The fourth-order valence-corrected chi connectivity index (χ4v) is 13.3. The Morgan fingerprint density at radius 1 is 0.673 bits per heavy atom. The van der Waals surface area contributed by atoms with Gasteiger partial charge in [0.25, 0.3) is 0 Å². The third-order valence-electron chi connectivity index (χ3n) is 19.0. The van der Waals surface area contributed by atoms with Crippen molar-refractivity contribution in [1.29, 1.82) is 0 Å². The third kappa shape index (κ3) is 22.5. The average molecular weight is 1440 g/mol. The molecule has 0 radical (unpaired) electrons. The van der Waals surface area contributed by atoms with E-state index in [1.807, 2.05) is 24.3 Å². The Balaban J connectivity index is 1.21. The number of alkyl carbamates (subject to hydrolysis) is 1. The number of likely N-dealkylation sites (N-methyl/N-ethyl adjacent to an activating group) is 1. The number of hydrogen-bond donors (Lipinski definition) is 9. The quantitative estimate of drug-likeness (QED) is 0.0815. The van der Waals surface area contributed by atoms with Gasteiger partial charge in [-0.05, 0) is 165 Å². The van der Waals surface area contributed by atoms with E-state index < -0.39 is 161 Å². The van der Waals surface area contributed by atoms with Crippen molar-refractivity contribution in [1.82, 2.24) is 57.3 Å². The van der Waals surface area contributed by atoms with Crippen molar-refractivity contribution in [3.63, 3.8) is 0 Å². The zero-order valence-electron chi connectivity index (χ0n) is 61.3. The minimum atomic E-state index is -1.66. The molecule has 9 rings (SSSR count). The van der Waals surface area contributed by atoms with Crippen LogP contribution in [-0.4, -0.2) is 172 Å². The topological polar surface area (TPSA) is 351 Å². The van der Waals surface area contributed by atoms with Crippen LogP contribution < -0.4 is 47.3 Å². The van der Waals surface area contributed by atoms with Gasteiger partial charge in [0.05, 0.1) is 43.4 Å². The molecule has 27 heteroatoms. The van der Waals surface area contributed by atoms with E-state index in [9.17, 15) is 33.6 Å². The third-order valence-corrected chi connectivity index (χ3v) is 19.0. The number of rotatable bonds is 9. The molecule has 4 aliphatic rings. The van der Waals surface area contributed by atoms with Gasteiger partial charge in [0.1, 0.15) is 40.8 Å². The van der Waals surface area contributed by atoms with Gasteiger partial charge in [0.2, 0.25) is 53.2 Å². The molecule has 6 bridgehead atoms. The summed E-state index contributed by atoms with van der Waals surface area (Å²) in [6.45, 7) is 14.6. The van der Waals surface area contributed by atoms with Crippen LogP contribution in [-0.2, 0) is 101 Å². The number of fused-ring (bicyclic) bond motifs is 26. The van der Waals surface area contributed by atoms with E-state index in [1.54, 1.807) is 110 Å². The number of H-pyrrole nitrogens is 1. The number of ether oxygens (including phenoxy) is 3. The summed E-state index contributed by atoms with van der Waals surface area (Å²) in [7, 11) is 2.86. The second-order valence-electron chi connectivity index (χ2n) is 29.5. The summed E-state index contributed by atoms with van der Waals surface area (Å²) in [5.74, 6) is -10.3.